The molecule has 1 aromatic carbocycles. The Kier molecular flexibility index (Phi) is 9.86. The van der Waals surface area contributed by atoms with Gasteiger partial charge in [0.2, 0.25) is 0 Å². The maximum atomic E-state index is 10.2. The van der Waals surface area contributed by atoms with Gasteiger partial charge in [0.25, 0.3) is 0 Å². The normalized spacial score (nSPS) is 7.43. The zero-order valence-electron chi connectivity index (χ0n) is 7.17. The molecule has 0 spiro atoms. The predicted octanol–water partition coefficient (Wildman–Crippen LogP) is -1.44. The van der Waals surface area contributed by atoms with Crippen molar-refractivity contribution in [1.82, 2.24) is 0 Å². The van der Waals surface area contributed by atoms with Gasteiger partial charge in [-0.1, -0.05) is 18.2 Å². The van der Waals surface area contributed by atoms with Crippen LogP contribution in [-0.4, -0.2) is 55.0 Å². The second kappa shape index (κ2) is 8.80. The summed E-state index contributed by atoms with van der Waals surface area (Å²) in [6.45, 7) is 0. The Morgan fingerprint density at radius 2 is 1.43 bits per heavy atom. The largest absolute Gasteiger partial charge is 2.00 e. The Morgan fingerprint density at radius 3 is 1.64 bits per heavy atom. The minimum absolute atomic E-state index is 0. The molecule has 70 valence electrons. The van der Waals surface area contributed by atoms with Gasteiger partial charge in [-0.15, -0.1) is 0 Å². The van der Waals surface area contributed by atoms with Crippen LogP contribution in [0.2, 0.25) is 0 Å². The van der Waals surface area contributed by atoms with Crippen LogP contribution in [0.5, 0.6) is 0 Å². The van der Waals surface area contributed by atoms with E-state index >= 15 is 0 Å². The Bertz CT molecular complexity index is 281. The summed E-state index contributed by atoms with van der Waals surface area (Å²) in [4.78, 5) is 18.5. The van der Waals surface area contributed by atoms with Crippen LogP contribution in [0.15, 0.2) is 30.3 Å². The fourth-order valence-corrected chi connectivity index (χ4v) is 0.581. The summed E-state index contributed by atoms with van der Waals surface area (Å²) in [6, 6.07) is 8.30. The van der Waals surface area contributed by atoms with E-state index in [1.165, 1.54) is 0 Å². The van der Waals surface area contributed by atoms with Gasteiger partial charge in [-0.2, -0.15) is 0 Å². The molecule has 0 heterocycles. The summed E-state index contributed by atoms with van der Waals surface area (Å²) in [5.74, 6) is -0.879. The van der Waals surface area contributed by atoms with Crippen LogP contribution < -0.4 is 10.2 Å². The predicted molar refractivity (Wildman–Crippen MR) is 44.6 cm³/mol. The SMILES string of the molecule is O=C(O)c1ccccc1.O=C([O-])[O-].[Ca+2]. The number of hydrogen-bond donors (Lipinski definition) is 1. The quantitative estimate of drug-likeness (QED) is 0.586. The molecule has 0 aliphatic heterocycles. The zero-order chi connectivity index (χ0) is 10.3. The summed E-state index contributed by atoms with van der Waals surface area (Å²) in [5.41, 5.74) is 0.331. The van der Waals surface area contributed by atoms with Gasteiger partial charge in [-0.05, 0) is 18.3 Å². The monoisotopic (exact) mass is 222 g/mol. The second-order valence-corrected chi connectivity index (χ2v) is 1.92. The maximum absolute atomic E-state index is 10.2. The van der Waals surface area contributed by atoms with Gasteiger partial charge < -0.3 is 20.1 Å². The van der Waals surface area contributed by atoms with Crippen molar-refractivity contribution in [2.24, 2.45) is 0 Å². The standard InChI is InChI=1S/C7H6O2.CH2O3.Ca/c8-7(9)6-4-2-1-3-5-6;2-1(3)4;/h1-5H,(H,8,9);(H2,2,3,4);/q;;+2/p-2. The summed E-state index contributed by atoms with van der Waals surface area (Å²) in [5, 5.41) is 25.1. The molecule has 0 amide bonds. The number of aromatic carboxylic acids is 1. The Balaban J connectivity index is 0. The third kappa shape index (κ3) is 9.31. The summed E-state index contributed by atoms with van der Waals surface area (Å²) >= 11 is 0. The van der Waals surface area contributed by atoms with Crippen LogP contribution in [0.3, 0.4) is 0 Å². The molecule has 1 rings (SSSR count). The van der Waals surface area contributed by atoms with E-state index in [4.69, 9.17) is 20.1 Å². The number of carboxylic acid groups (broad SMARTS) is 3. The van der Waals surface area contributed by atoms with Crippen LogP contribution in [0, 0.1) is 0 Å². The van der Waals surface area contributed by atoms with Crippen molar-refractivity contribution in [2.45, 2.75) is 0 Å². The Hall–Kier alpha value is -0.780. The molecular formula is C8H6CaO5. The molecular weight excluding hydrogens is 216 g/mol. The van der Waals surface area contributed by atoms with Gasteiger partial charge in [-0.25, -0.2) is 4.79 Å². The average molecular weight is 222 g/mol. The van der Waals surface area contributed by atoms with Gasteiger partial charge >= 0.3 is 43.7 Å². The molecule has 6 heteroatoms. The van der Waals surface area contributed by atoms with E-state index in [2.05, 4.69) is 0 Å². The van der Waals surface area contributed by atoms with Gasteiger partial charge in [0.15, 0.2) is 0 Å². The zero-order valence-corrected chi connectivity index (χ0v) is 9.38. The van der Waals surface area contributed by atoms with Crippen LogP contribution in [0.4, 0.5) is 4.79 Å². The van der Waals surface area contributed by atoms with Crippen molar-refractivity contribution in [3.63, 3.8) is 0 Å². The van der Waals surface area contributed by atoms with Crippen LogP contribution >= 0.6 is 0 Å². The minimum Gasteiger partial charge on any atom is -0.652 e. The van der Waals surface area contributed by atoms with Gasteiger partial charge in [0, 0.05) is 0 Å². The first-order valence-electron chi connectivity index (χ1n) is 3.20. The molecule has 0 unspecified atom stereocenters. The first-order valence-corrected chi connectivity index (χ1v) is 3.20. The van der Waals surface area contributed by atoms with Crippen molar-refractivity contribution in [3.05, 3.63) is 35.9 Å². The van der Waals surface area contributed by atoms with Gasteiger partial charge in [0.05, 0.1) is 5.56 Å². The Morgan fingerprint density at radius 1 is 1.07 bits per heavy atom. The van der Waals surface area contributed by atoms with E-state index in [-0.39, 0.29) is 37.7 Å². The van der Waals surface area contributed by atoms with Crippen LogP contribution in [-0.2, 0) is 0 Å². The van der Waals surface area contributed by atoms with E-state index < -0.39 is 12.1 Å². The first kappa shape index (κ1) is 15.7. The van der Waals surface area contributed by atoms with E-state index in [0.29, 0.717) is 5.56 Å². The number of carbonyl (C=O) groups is 2. The van der Waals surface area contributed by atoms with Crippen LogP contribution in [0.25, 0.3) is 0 Å². The molecule has 0 aliphatic rings. The number of benzene rings is 1. The van der Waals surface area contributed by atoms with Crippen molar-refractivity contribution in [1.29, 1.82) is 0 Å². The molecule has 5 nitrogen and oxygen atoms in total. The number of carbonyl (C=O) groups excluding carboxylic acids is 1. The Labute approximate surface area is 110 Å². The molecule has 1 aromatic rings. The average Bonchev–Trinajstić information content (AvgIpc) is 2.05. The summed E-state index contributed by atoms with van der Waals surface area (Å²) < 4.78 is 0. The molecule has 0 aliphatic carbocycles. The molecule has 0 saturated heterocycles. The van der Waals surface area contributed by atoms with E-state index in [9.17, 15) is 4.79 Å². The van der Waals surface area contributed by atoms with E-state index in [0.717, 1.165) is 0 Å². The fourth-order valence-electron chi connectivity index (χ4n) is 0.581. The number of rotatable bonds is 1. The smallest absolute Gasteiger partial charge is 0.652 e. The molecule has 1 N–H and O–H groups in total. The molecule has 0 bridgehead atoms. The van der Waals surface area contributed by atoms with E-state index in [1.807, 2.05) is 0 Å². The minimum atomic E-state index is -2.33. The first-order chi connectivity index (χ1) is 6.04. The molecule has 0 radical (unpaired) electrons. The van der Waals surface area contributed by atoms with Crippen molar-refractivity contribution < 1.29 is 24.9 Å². The maximum Gasteiger partial charge on any atom is 2.00 e. The second-order valence-electron chi connectivity index (χ2n) is 1.92. The molecule has 0 aromatic heterocycles. The number of carboxylic acids is 1. The van der Waals surface area contributed by atoms with E-state index in [1.54, 1.807) is 30.3 Å². The van der Waals surface area contributed by atoms with Crippen molar-refractivity contribution >= 4 is 49.9 Å². The summed E-state index contributed by atoms with van der Waals surface area (Å²) in [6.07, 6.45) is -2.33. The summed E-state index contributed by atoms with van der Waals surface area (Å²) in [7, 11) is 0. The topological polar surface area (TPSA) is 100 Å². The van der Waals surface area contributed by atoms with Gasteiger partial charge in [0.1, 0.15) is 0 Å². The number of hydrogen-bond acceptors (Lipinski definition) is 4. The van der Waals surface area contributed by atoms with Crippen molar-refractivity contribution in [3.8, 4) is 0 Å². The molecule has 0 saturated carbocycles. The molecule has 0 atom stereocenters. The third-order valence-corrected chi connectivity index (χ3v) is 1.02. The van der Waals surface area contributed by atoms with Gasteiger partial charge in [-0.3, -0.25) is 0 Å². The molecule has 0 fully saturated rings. The fraction of sp³-hybridized carbons (Fsp3) is 0. The third-order valence-electron chi connectivity index (χ3n) is 1.02. The van der Waals surface area contributed by atoms with Crippen LogP contribution in [0.1, 0.15) is 10.4 Å². The molecule has 14 heavy (non-hydrogen) atoms. The van der Waals surface area contributed by atoms with Crippen molar-refractivity contribution in [2.75, 3.05) is 0 Å².